The lowest BCUT2D eigenvalue weighted by molar-refractivity contribution is -0.143. The average molecular weight is 445 g/mol. The molecule has 1 saturated heterocycles. The van der Waals surface area contributed by atoms with Gasteiger partial charge in [0.2, 0.25) is 0 Å². The second-order valence-corrected chi connectivity index (χ2v) is 7.95. The molecule has 31 heavy (non-hydrogen) atoms. The number of aryl methyl sites for hydroxylation is 1. The molecule has 2 aromatic carbocycles. The molecule has 0 amide bonds. The van der Waals surface area contributed by atoms with Gasteiger partial charge >= 0.3 is 12.4 Å². The molecule has 0 radical (unpaired) electrons. The van der Waals surface area contributed by atoms with Gasteiger partial charge in [-0.2, -0.15) is 26.3 Å². The molecular formula is C23H25F6NO. The lowest BCUT2D eigenvalue weighted by Gasteiger charge is -2.44. The van der Waals surface area contributed by atoms with Gasteiger partial charge in [-0.3, -0.25) is 0 Å². The fraction of sp³-hybridized carbons (Fsp3) is 0.478. The molecule has 2 nitrogen and oxygen atoms in total. The van der Waals surface area contributed by atoms with Crippen LogP contribution in [-0.4, -0.2) is 26.3 Å². The van der Waals surface area contributed by atoms with Crippen LogP contribution in [0.4, 0.5) is 26.3 Å². The third-order valence-electron chi connectivity index (χ3n) is 6.09. The number of benzene rings is 2. The average Bonchev–Trinajstić information content (AvgIpc) is 2.74. The lowest BCUT2D eigenvalue weighted by atomic mass is 9.67. The molecule has 2 aromatic rings. The molecule has 0 aliphatic carbocycles. The number of methoxy groups -OCH3 is 1. The van der Waals surface area contributed by atoms with Crippen LogP contribution in [0.25, 0.3) is 0 Å². The lowest BCUT2D eigenvalue weighted by Crippen LogP contribution is -2.48. The van der Waals surface area contributed by atoms with Crippen LogP contribution in [0.3, 0.4) is 0 Å². The second kappa shape index (κ2) is 9.20. The first-order valence-electron chi connectivity index (χ1n) is 10.1. The van der Waals surface area contributed by atoms with Crippen LogP contribution in [-0.2, 0) is 28.9 Å². The van der Waals surface area contributed by atoms with Gasteiger partial charge in [0.15, 0.2) is 0 Å². The predicted molar refractivity (Wildman–Crippen MR) is 106 cm³/mol. The Labute approximate surface area is 177 Å². The molecule has 1 atom stereocenters. The molecule has 1 unspecified atom stereocenters. The zero-order valence-electron chi connectivity index (χ0n) is 17.1. The van der Waals surface area contributed by atoms with Crippen molar-refractivity contribution in [2.75, 3.05) is 20.2 Å². The molecule has 170 valence electrons. The number of ether oxygens (including phenoxy) is 1. The van der Waals surface area contributed by atoms with Gasteiger partial charge in [0, 0.05) is 12.5 Å². The Morgan fingerprint density at radius 3 is 1.94 bits per heavy atom. The normalized spacial score (nSPS) is 18.0. The van der Waals surface area contributed by atoms with Crippen molar-refractivity contribution >= 4 is 0 Å². The number of nitrogens with one attached hydrogen (secondary N) is 1. The van der Waals surface area contributed by atoms with Gasteiger partial charge in [-0.1, -0.05) is 30.3 Å². The van der Waals surface area contributed by atoms with Gasteiger partial charge in [0.05, 0.1) is 17.2 Å². The first kappa shape index (κ1) is 23.6. The van der Waals surface area contributed by atoms with Crippen LogP contribution in [0.15, 0.2) is 48.5 Å². The van der Waals surface area contributed by atoms with E-state index in [9.17, 15) is 26.3 Å². The zero-order chi connectivity index (χ0) is 22.7. The van der Waals surface area contributed by atoms with Crippen LogP contribution < -0.4 is 5.32 Å². The predicted octanol–water partition coefficient (Wildman–Crippen LogP) is 5.99. The highest BCUT2D eigenvalue weighted by molar-refractivity contribution is 5.34. The van der Waals surface area contributed by atoms with Gasteiger partial charge in [-0.25, -0.2) is 0 Å². The Morgan fingerprint density at radius 1 is 0.903 bits per heavy atom. The van der Waals surface area contributed by atoms with E-state index in [1.54, 1.807) is 7.11 Å². The van der Waals surface area contributed by atoms with E-state index in [0.29, 0.717) is 6.42 Å². The molecule has 1 N–H and O–H groups in total. The fourth-order valence-electron chi connectivity index (χ4n) is 4.52. The maximum atomic E-state index is 13.2. The van der Waals surface area contributed by atoms with Crippen LogP contribution >= 0.6 is 0 Å². The van der Waals surface area contributed by atoms with Crippen molar-refractivity contribution in [3.63, 3.8) is 0 Å². The van der Waals surface area contributed by atoms with E-state index in [4.69, 9.17) is 4.74 Å². The fourth-order valence-corrected chi connectivity index (χ4v) is 4.52. The highest BCUT2D eigenvalue weighted by atomic mass is 19.4. The summed E-state index contributed by atoms with van der Waals surface area (Å²) in [5, 5.41) is 3.30. The maximum absolute atomic E-state index is 13.2. The van der Waals surface area contributed by atoms with Crippen molar-refractivity contribution in [2.24, 2.45) is 0 Å². The summed E-state index contributed by atoms with van der Waals surface area (Å²) in [6, 6.07) is 11.5. The molecule has 8 heteroatoms. The number of hydrogen-bond acceptors (Lipinski definition) is 2. The minimum absolute atomic E-state index is 0.00125. The smallest absolute Gasteiger partial charge is 0.381 e. The summed E-state index contributed by atoms with van der Waals surface area (Å²) in [5.41, 5.74) is -1.85. The van der Waals surface area contributed by atoms with Crippen LogP contribution in [0.5, 0.6) is 0 Å². The van der Waals surface area contributed by atoms with Gasteiger partial charge in [0.1, 0.15) is 0 Å². The quantitative estimate of drug-likeness (QED) is 0.552. The van der Waals surface area contributed by atoms with Crippen molar-refractivity contribution in [2.45, 2.75) is 49.6 Å². The minimum atomic E-state index is -4.85. The van der Waals surface area contributed by atoms with Crippen LogP contribution in [0.1, 0.15) is 41.5 Å². The third-order valence-corrected chi connectivity index (χ3v) is 6.09. The molecule has 1 aliphatic heterocycles. The summed E-state index contributed by atoms with van der Waals surface area (Å²) < 4.78 is 84.8. The SMILES string of the molecule is COC(CCc1cc(C(F)(F)F)cc(C(F)(F)F)c1)C1(c2ccccc2)CCNCC1. The monoisotopic (exact) mass is 445 g/mol. The summed E-state index contributed by atoms with van der Waals surface area (Å²) >= 11 is 0. The van der Waals surface area contributed by atoms with Crippen molar-refractivity contribution in [3.05, 3.63) is 70.8 Å². The van der Waals surface area contributed by atoms with Gasteiger partial charge in [0.25, 0.3) is 0 Å². The summed E-state index contributed by atoms with van der Waals surface area (Å²) in [6.45, 7) is 1.52. The number of hydrogen-bond donors (Lipinski definition) is 1. The summed E-state index contributed by atoms with van der Waals surface area (Å²) in [6.07, 6.45) is -8.15. The molecule has 1 heterocycles. The molecular weight excluding hydrogens is 420 g/mol. The van der Waals surface area contributed by atoms with Gasteiger partial charge < -0.3 is 10.1 Å². The number of rotatable bonds is 6. The van der Waals surface area contributed by atoms with Gasteiger partial charge in [-0.05, 0) is 68.1 Å². The molecule has 0 aromatic heterocycles. The Kier molecular flexibility index (Phi) is 7.01. The van der Waals surface area contributed by atoms with E-state index in [-0.39, 0.29) is 29.6 Å². The molecule has 1 aliphatic rings. The molecule has 0 bridgehead atoms. The largest absolute Gasteiger partial charge is 0.416 e. The molecule has 1 fully saturated rings. The Morgan fingerprint density at radius 2 is 1.45 bits per heavy atom. The zero-order valence-corrected chi connectivity index (χ0v) is 17.1. The van der Waals surface area contributed by atoms with Crippen LogP contribution in [0, 0.1) is 0 Å². The standard InChI is InChI=1S/C23H25F6NO/c1-31-20(21(9-11-30-12-10-21)17-5-3-2-4-6-17)8-7-16-13-18(22(24,25)26)15-19(14-16)23(27,28)29/h2-6,13-15,20,30H,7-12H2,1H3. The van der Waals surface area contributed by atoms with Crippen molar-refractivity contribution in [1.29, 1.82) is 0 Å². The Hall–Kier alpha value is -2.06. The third kappa shape index (κ3) is 5.41. The van der Waals surface area contributed by atoms with E-state index in [2.05, 4.69) is 5.32 Å². The molecule has 0 spiro atoms. The summed E-state index contributed by atoms with van der Waals surface area (Å²) in [5.74, 6) is 0. The first-order chi connectivity index (χ1) is 14.6. The number of alkyl halides is 6. The molecule has 0 saturated carbocycles. The summed E-state index contributed by atoms with van der Waals surface area (Å²) in [4.78, 5) is 0. The van der Waals surface area contributed by atoms with Crippen LogP contribution in [0.2, 0.25) is 0 Å². The minimum Gasteiger partial charge on any atom is -0.381 e. The Balaban J connectivity index is 1.90. The van der Waals surface area contributed by atoms with E-state index >= 15 is 0 Å². The van der Waals surface area contributed by atoms with E-state index in [0.717, 1.165) is 43.6 Å². The van der Waals surface area contributed by atoms with E-state index in [1.165, 1.54) is 0 Å². The molecule has 3 rings (SSSR count). The van der Waals surface area contributed by atoms with E-state index in [1.807, 2.05) is 30.3 Å². The second-order valence-electron chi connectivity index (χ2n) is 7.95. The number of halogens is 6. The maximum Gasteiger partial charge on any atom is 0.416 e. The summed E-state index contributed by atoms with van der Waals surface area (Å²) in [7, 11) is 1.55. The highest BCUT2D eigenvalue weighted by Gasteiger charge is 2.42. The van der Waals surface area contributed by atoms with E-state index < -0.39 is 23.5 Å². The Bertz CT molecular complexity index is 824. The van der Waals surface area contributed by atoms with Gasteiger partial charge in [-0.15, -0.1) is 0 Å². The first-order valence-corrected chi connectivity index (χ1v) is 10.1. The topological polar surface area (TPSA) is 21.3 Å². The van der Waals surface area contributed by atoms with Crippen molar-refractivity contribution in [1.82, 2.24) is 5.32 Å². The number of piperidine rings is 1. The van der Waals surface area contributed by atoms with Crippen molar-refractivity contribution in [3.8, 4) is 0 Å². The van der Waals surface area contributed by atoms with Crippen molar-refractivity contribution < 1.29 is 31.1 Å². The highest BCUT2D eigenvalue weighted by Crippen LogP contribution is 2.41.